The van der Waals surface area contributed by atoms with Crippen LogP contribution in [-0.2, 0) is 4.74 Å². The van der Waals surface area contributed by atoms with E-state index in [4.69, 9.17) is 14.7 Å². The topological polar surface area (TPSA) is 71.3 Å². The number of fused-ring (bicyclic) bond motifs is 1. The van der Waals surface area contributed by atoms with Gasteiger partial charge >= 0.3 is 0 Å². The van der Waals surface area contributed by atoms with E-state index >= 15 is 0 Å². The van der Waals surface area contributed by atoms with Gasteiger partial charge in [-0.05, 0) is 57.2 Å². The summed E-state index contributed by atoms with van der Waals surface area (Å²) in [6.07, 6.45) is 2.11. The maximum Gasteiger partial charge on any atom is 0.296 e. The van der Waals surface area contributed by atoms with Gasteiger partial charge in [-0.15, -0.1) is 0 Å². The van der Waals surface area contributed by atoms with Gasteiger partial charge in [0.2, 0.25) is 5.95 Å². The molecule has 0 atom stereocenters. The molecule has 206 valence electrons. The predicted octanol–water partition coefficient (Wildman–Crippen LogP) is 4.85. The molecular weight excluding hydrogens is 495 g/mol. The number of rotatable bonds is 10. The molecule has 3 heterocycles. The molecule has 8 nitrogen and oxygen atoms in total. The van der Waals surface area contributed by atoms with Gasteiger partial charge in [0.15, 0.2) is 5.82 Å². The molecule has 0 radical (unpaired) electrons. The number of hydrogen-bond donors (Lipinski definition) is 1. The molecule has 1 saturated heterocycles. The number of imidazole rings is 1. The average molecular weight is 532 g/mol. The summed E-state index contributed by atoms with van der Waals surface area (Å²) < 4.78 is 47.6. The molecule has 1 aromatic carbocycles. The van der Waals surface area contributed by atoms with Gasteiger partial charge in [0.05, 0.1) is 30.9 Å². The van der Waals surface area contributed by atoms with Gasteiger partial charge in [-0.25, -0.2) is 13.8 Å². The molecule has 1 saturated carbocycles. The maximum atomic E-state index is 14.1. The second kappa shape index (κ2) is 12.3. The van der Waals surface area contributed by atoms with Crippen LogP contribution in [0.2, 0.25) is 0 Å². The summed E-state index contributed by atoms with van der Waals surface area (Å²) in [5, 5.41) is 3.41. The van der Waals surface area contributed by atoms with Gasteiger partial charge in [0.1, 0.15) is 11.6 Å². The molecule has 0 amide bonds. The van der Waals surface area contributed by atoms with Crippen molar-refractivity contribution in [1.82, 2.24) is 24.4 Å². The summed E-state index contributed by atoms with van der Waals surface area (Å²) in [6.45, 7) is 3.73. The van der Waals surface area contributed by atoms with Gasteiger partial charge in [0.25, 0.3) is 6.43 Å². The minimum Gasteiger partial charge on any atom is -0.378 e. The number of ether oxygens (including phenoxy) is 1. The van der Waals surface area contributed by atoms with E-state index in [0.29, 0.717) is 79.8 Å². The Kier molecular flexibility index (Phi) is 8.63. The van der Waals surface area contributed by atoms with E-state index in [1.807, 2.05) is 6.07 Å². The lowest BCUT2D eigenvalue weighted by atomic mass is 9.85. The quantitative estimate of drug-likeness (QED) is 0.401. The highest BCUT2D eigenvalue weighted by molar-refractivity contribution is 5.78. The van der Waals surface area contributed by atoms with Crippen molar-refractivity contribution in [2.45, 2.75) is 44.6 Å². The number of alkyl halides is 3. The van der Waals surface area contributed by atoms with Crippen LogP contribution >= 0.6 is 0 Å². The molecule has 38 heavy (non-hydrogen) atoms. The minimum absolute atomic E-state index is 0.275. The second-order valence-corrected chi connectivity index (χ2v) is 10.2. The molecule has 2 aromatic heterocycles. The molecule has 1 aliphatic heterocycles. The molecule has 11 heteroatoms. The Bertz CT molecular complexity index is 1190. The highest BCUT2D eigenvalue weighted by Crippen LogP contribution is 2.30. The van der Waals surface area contributed by atoms with Crippen molar-refractivity contribution >= 4 is 22.8 Å². The van der Waals surface area contributed by atoms with E-state index in [9.17, 15) is 13.2 Å². The third-order valence-corrected chi connectivity index (χ3v) is 7.68. The first-order valence-electron chi connectivity index (χ1n) is 13.5. The number of benzene rings is 1. The van der Waals surface area contributed by atoms with Gasteiger partial charge in [-0.1, -0.05) is 12.1 Å². The van der Waals surface area contributed by atoms with Gasteiger partial charge in [-0.2, -0.15) is 9.97 Å². The Balaban J connectivity index is 1.37. The van der Waals surface area contributed by atoms with Crippen molar-refractivity contribution < 1.29 is 17.9 Å². The zero-order chi connectivity index (χ0) is 26.5. The first kappa shape index (κ1) is 26.7. The van der Waals surface area contributed by atoms with Crippen LogP contribution in [0.15, 0.2) is 30.3 Å². The number of nitrogens with one attached hydrogen (secondary N) is 1. The molecule has 0 unspecified atom stereocenters. The molecule has 5 rings (SSSR count). The van der Waals surface area contributed by atoms with Crippen molar-refractivity contribution in [2.24, 2.45) is 5.92 Å². The molecular formula is C27H36F3N7O. The molecule has 1 aliphatic carbocycles. The van der Waals surface area contributed by atoms with E-state index in [-0.39, 0.29) is 12.5 Å². The van der Waals surface area contributed by atoms with Crippen LogP contribution in [0.1, 0.15) is 44.4 Å². The SMILES string of the molecule is CN(CCCF)[C@H]1CC[C@H](CNc2nc(N3CCOCC3)cc(-n3c(C(F)F)nc4ccccc43)n2)CC1. The highest BCUT2D eigenvalue weighted by Gasteiger charge is 2.26. The molecule has 2 aliphatic rings. The van der Waals surface area contributed by atoms with Crippen LogP contribution in [0.3, 0.4) is 0 Å². The summed E-state index contributed by atoms with van der Waals surface area (Å²) in [6, 6.07) is 9.36. The number of halogens is 3. The Morgan fingerprint density at radius 1 is 1.05 bits per heavy atom. The normalized spacial score (nSPS) is 20.5. The zero-order valence-corrected chi connectivity index (χ0v) is 21.8. The fourth-order valence-corrected chi connectivity index (χ4v) is 5.52. The van der Waals surface area contributed by atoms with Crippen molar-refractivity contribution in [1.29, 1.82) is 0 Å². The highest BCUT2D eigenvalue weighted by atomic mass is 19.3. The molecule has 0 bridgehead atoms. The van der Waals surface area contributed by atoms with Crippen LogP contribution in [-0.4, -0.2) is 83.6 Å². The van der Waals surface area contributed by atoms with Crippen molar-refractivity contribution in [2.75, 3.05) is 63.3 Å². The lowest BCUT2D eigenvalue weighted by Crippen LogP contribution is -2.37. The van der Waals surface area contributed by atoms with Crippen LogP contribution in [0.5, 0.6) is 0 Å². The first-order valence-corrected chi connectivity index (χ1v) is 13.5. The summed E-state index contributed by atoms with van der Waals surface area (Å²) >= 11 is 0. The van der Waals surface area contributed by atoms with Gasteiger partial charge in [0, 0.05) is 38.3 Å². The molecule has 0 spiro atoms. The first-order chi connectivity index (χ1) is 18.5. The van der Waals surface area contributed by atoms with E-state index < -0.39 is 6.43 Å². The Hall–Kier alpha value is -2.92. The number of anilines is 2. The van der Waals surface area contributed by atoms with Crippen LogP contribution in [0.25, 0.3) is 16.9 Å². The van der Waals surface area contributed by atoms with Crippen molar-refractivity contribution in [3.63, 3.8) is 0 Å². The number of nitrogens with zero attached hydrogens (tertiary/aromatic N) is 6. The zero-order valence-electron chi connectivity index (χ0n) is 21.8. The van der Waals surface area contributed by atoms with Crippen LogP contribution < -0.4 is 10.2 Å². The van der Waals surface area contributed by atoms with Crippen LogP contribution in [0.4, 0.5) is 24.9 Å². The lowest BCUT2D eigenvalue weighted by Gasteiger charge is -2.34. The Morgan fingerprint density at radius 2 is 1.79 bits per heavy atom. The van der Waals surface area contributed by atoms with E-state index in [1.54, 1.807) is 24.3 Å². The number of morpholine rings is 1. The number of para-hydroxylation sites is 2. The summed E-state index contributed by atoms with van der Waals surface area (Å²) in [7, 11) is 2.08. The van der Waals surface area contributed by atoms with Gasteiger partial charge < -0.3 is 19.9 Å². The standard InChI is InChI=1S/C27H36F3N7O/c1-35(12-4-11-28)20-9-7-19(8-10-20)18-31-27-33-23(36-13-15-38-16-14-36)17-24(34-27)37-22-6-3-2-5-21(22)32-26(37)25(29)30/h2-3,5-6,17,19-20,25H,4,7-16,18H2,1H3,(H,31,33,34)/t19-,20-. The maximum absolute atomic E-state index is 14.1. The fourth-order valence-electron chi connectivity index (χ4n) is 5.52. The smallest absolute Gasteiger partial charge is 0.296 e. The third kappa shape index (κ3) is 6.04. The third-order valence-electron chi connectivity index (χ3n) is 7.68. The minimum atomic E-state index is -2.75. The predicted molar refractivity (Wildman–Crippen MR) is 142 cm³/mol. The fraction of sp³-hybridized carbons (Fsp3) is 0.593. The van der Waals surface area contributed by atoms with Crippen molar-refractivity contribution in [3.8, 4) is 5.82 Å². The molecule has 3 aromatic rings. The number of hydrogen-bond acceptors (Lipinski definition) is 7. The monoisotopic (exact) mass is 531 g/mol. The van der Waals surface area contributed by atoms with E-state index in [2.05, 4.69) is 27.1 Å². The van der Waals surface area contributed by atoms with Crippen LogP contribution in [0, 0.1) is 5.92 Å². The van der Waals surface area contributed by atoms with Gasteiger partial charge in [-0.3, -0.25) is 8.96 Å². The largest absolute Gasteiger partial charge is 0.378 e. The number of aromatic nitrogens is 4. The summed E-state index contributed by atoms with van der Waals surface area (Å²) in [4.78, 5) is 18.0. The molecule has 1 N–H and O–H groups in total. The Labute approximate surface area is 221 Å². The van der Waals surface area contributed by atoms with E-state index in [0.717, 1.165) is 32.2 Å². The summed E-state index contributed by atoms with van der Waals surface area (Å²) in [5.41, 5.74) is 1.08. The molecule has 2 fully saturated rings. The second-order valence-electron chi connectivity index (χ2n) is 10.2. The Morgan fingerprint density at radius 3 is 2.53 bits per heavy atom. The summed E-state index contributed by atoms with van der Waals surface area (Å²) in [5.74, 6) is 1.59. The van der Waals surface area contributed by atoms with E-state index in [1.165, 1.54) is 4.57 Å². The lowest BCUT2D eigenvalue weighted by molar-refractivity contribution is 0.122. The van der Waals surface area contributed by atoms with Crippen molar-refractivity contribution in [3.05, 3.63) is 36.2 Å². The average Bonchev–Trinajstić information content (AvgIpc) is 3.36.